The van der Waals surface area contributed by atoms with E-state index in [0.717, 1.165) is 41.0 Å². The molecule has 3 aromatic rings. The summed E-state index contributed by atoms with van der Waals surface area (Å²) >= 11 is 1.35. The van der Waals surface area contributed by atoms with Crippen molar-refractivity contribution in [2.45, 2.75) is 39.0 Å². The Bertz CT molecular complexity index is 815. The number of fused-ring (bicyclic) bond motifs is 1. The number of carbonyl (C=O) groups is 1. The van der Waals surface area contributed by atoms with E-state index in [2.05, 4.69) is 16.5 Å². The highest BCUT2D eigenvalue weighted by molar-refractivity contribution is 7.99. The molecule has 0 saturated heterocycles. The zero-order valence-electron chi connectivity index (χ0n) is 13.6. The minimum absolute atomic E-state index is 0.118. The maximum Gasteiger partial charge on any atom is 0.257 e. The number of nitrogens with zero attached hydrogens (tertiary/aromatic N) is 2. The molecule has 0 unspecified atom stereocenters. The normalized spacial score (nSPS) is 11.3. The number of carbonyl (C=O) groups excluding carboxylic acids is 1. The molecule has 0 spiro atoms. The predicted molar refractivity (Wildman–Crippen MR) is 93.3 cm³/mol. The third-order valence-corrected chi connectivity index (χ3v) is 4.75. The van der Waals surface area contributed by atoms with Crippen molar-refractivity contribution in [3.05, 3.63) is 47.3 Å². The molecule has 2 heterocycles. The van der Waals surface area contributed by atoms with Crippen LogP contribution in [0, 0.1) is 13.8 Å². The van der Waals surface area contributed by atoms with Gasteiger partial charge in [-0.15, -0.1) is 0 Å². The van der Waals surface area contributed by atoms with Crippen molar-refractivity contribution in [3.8, 4) is 0 Å². The first-order valence-electron chi connectivity index (χ1n) is 7.78. The molecule has 0 atom stereocenters. The molecule has 1 aromatic carbocycles. The van der Waals surface area contributed by atoms with Gasteiger partial charge < -0.3 is 8.98 Å². The van der Waals surface area contributed by atoms with Gasteiger partial charge in [-0.3, -0.25) is 4.79 Å². The van der Waals surface area contributed by atoms with Crippen LogP contribution in [-0.2, 0) is 6.54 Å². The molecule has 2 aromatic heterocycles. The molecular formula is C18H20N2O2S. The first-order chi connectivity index (χ1) is 11.1. The standard InChI is InChI=1S/C18H20N2O2S/c1-4-9-20-12(2)10-14(13(20)3)16(21)11-23-18-19-15-7-5-6-8-17(15)22-18/h5-8,10H,4,9,11H2,1-3H3. The monoisotopic (exact) mass is 328 g/mol. The highest BCUT2D eigenvalue weighted by atomic mass is 32.2. The molecular weight excluding hydrogens is 308 g/mol. The minimum atomic E-state index is 0.118. The van der Waals surface area contributed by atoms with Crippen LogP contribution in [0.5, 0.6) is 0 Å². The fraction of sp³-hybridized carbons (Fsp3) is 0.333. The van der Waals surface area contributed by atoms with Crippen LogP contribution < -0.4 is 0 Å². The molecule has 0 aliphatic carbocycles. The number of ketones is 1. The lowest BCUT2D eigenvalue weighted by Crippen LogP contribution is -2.06. The lowest BCUT2D eigenvalue weighted by molar-refractivity contribution is 0.102. The molecule has 0 amide bonds. The number of oxazole rings is 1. The van der Waals surface area contributed by atoms with Gasteiger partial charge in [0.15, 0.2) is 11.4 Å². The zero-order valence-corrected chi connectivity index (χ0v) is 14.4. The summed E-state index contributed by atoms with van der Waals surface area (Å²) in [4.78, 5) is 16.9. The van der Waals surface area contributed by atoms with Gasteiger partial charge in [-0.2, -0.15) is 0 Å². The Balaban J connectivity index is 1.73. The van der Waals surface area contributed by atoms with Crippen LogP contribution in [0.3, 0.4) is 0 Å². The van der Waals surface area contributed by atoms with Crippen LogP contribution >= 0.6 is 11.8 Å². The largest absolute Gasteiger partial charge is 0.431 e. The fourth-order valence-corrected chi connectivity index (χ4v) is 3.49. The number of aromatic nitrogens is 2. The number of rotatable bonds is 6. The number of benzene rings is 1. The average molecular weight is 328 g/mol. The van der Waals surface area contributed by atoms with Gasteiger partial charge in [0, 0.05) is 23.5 Å². The third kappa shape index (κ3) is 3.20. The van der Waals surface area contributed by atoms with Gasteiger partial charge in [0.1, 0.15) is 5.52 Å². The summed E-state index contributed by atoms with van der Waals surface area (Å²) in [7, 11) is 0. The molecule has 5 heteroatoms. The molecule has 120 valence electrons. The van der Waals surface area contributed by atoms with Crippen LogP contribution in [0.2, 0.25) is 0 Å². The topological polar surface area (TPSA) is 48.0 Å². The summed E-state index contributed by atoms with van der Waals surface area (Å²) < 4.78 is 7.85. The Hall–Kier alpha value is -2.01. The first kappa shape index (κ1) is 15.9. The van der Waals surface area contributed by atoms with Crippen molar-refractivity contribution in [2.24, 2.45) is 0 Å². The molecule has 0 radical (unpaired) electrons. The Morgan fingerprint density at radius 2 is 2.09 bits per heavy atom. The van der Waals surface area contributed by atoms with Crippen LogP contribution in [0.1, 0.15) is 35.1 Å². The van der Waals surface area contributed by atoms with E-state index in [9.17, 15) is 4.79 Å². The van der Waals surface area contributed by atoms with E-state index in [1.54, 1.807) is 0 Å². The zero-order chi connectivity index (χ0) is 16.4. The number of aryl methyl sites for hydroxylation is 1. The van der Waals surface area contributed by atoms with Crippen LogP contribution in [0.15, 0.2) is 40.0 Å². The van der Waals surface area contributed by atoms with E-state index in [0.29, 0.717) is 11.0 Å². The third-order valence-electron chi connectivity index (χ3n) is 3.92. The predicted octanol–water partition coefficient (Wildman–Crippen LogP) is 4.63. The molecule has 0 aliphatic heterocycles. The number of hydrogen-bond acceptors (Lipinski definition) is 4. The van der Waals surface area contributed by atoms with E-state index >= 15 is 0 Å². The van der Waals surface area contributed by atoms with Crippen molar-refractivity contribution >= 4 is 28.6 Å². The van der Waals surface area contributed by atoms with E-state index in [-0.39, 0.29) is 5.78 Å². The lowest BCUT2D eigenvalue weighted by atomic mass is 10.2. The minimum Gasteiger partial charge on any atom is -0.431 e. The van der Waals surface area contributed by atoms with Gasteiger partial charge in [0.2, 0.25) is 0 Å². The molecule has 0 N–H and O–H groups in total. The SMILES string of the molecule is CCCn1c(C)cc(C(=O)CSc2nc3ccccc3o2)c1C. The second-order valence-electron chi connectivity index (χ2n) is 5.60. The summed E-state index contributed by atoms with van der Waals surface area (Å²) in [5, 5.41) is 0.543. The van der Waals surface area contributed by atoms with Crippen LogP contribution in [0.25, 0.3) is 11.1 Å². The first-order valence-corrected chi connectivity index (χ1v) is 8.77. The van der Waals surface area contributed by atoms with Crippen molar-refractivity contribution in [1.82, 2.24) is 9.55 Å². The quantitative estimate of drug-likeness (QED) is 0.489. The highest BCUT2D eigenvalue weighted by Crippen LogP contribution is 2.25. The van der Waals surface area contributed by atoms with Gasteiger partial charge in [-0.1, -0.05) is 30.8 Å². The van der Waals surface area contributed by atoms with E-state index in [1.807, 2.05) is 44.2 Å². The van der Waals surface area contributed by atoms with E-state index < -0.39 is 0 Å². The average Bonchev–Trinajstić information content (AvgIpc) is 3.08. The van der Waals surface area contributed by atoms with Gasteiger partial charge in [-0.25, -0.2) is 4.98 Å². The molecule has 0 fully saturated rings. The summed E-state index contributed by atoms with van der Waals surface area (Å²) in [6.45, 7) is 7.15. The summed E-state index contributed by atoms with van der Waals surface area (Å²) in [6, 6.07) is 9.61. The number of hydrogen-bond donors (Lipinski definition) is 0. The smallest absolute Gasteiger partial charge is 0.257 e. The van der Waals surface area contributed by atoms with Crippen LogP contribution in [-0.4, -0.2) is 21.1 Å². The van der Waals surface area contributed by atoms with Crippen LogP contribution in [0.4, 0.5) is 0 Å². The van der Waals surface area contributed by atoms with Gasteiger partial charge in [0.25, 0.3) is 5.22 Å². The molecule has 3 rings (SSSR count). The molecule has 23 heavy (non-hydrogen) atoms. The number of thioether (sulfide) groups is 1. The second kappa shape index (κ2) is 6.62. The van der Waals surface area contributed by atoms with Gasteiger partial charge in [0.05, 0.1) is 5.75 Å². The highest BCUT2D eigenvalue weighted by Gasteiger charge is 2.17. The maximum atomic E-state index is 12.5. The second-order valence-corrected chi connectivity index (χ2v) is 6.52. The Morgan fingerprint density at radius 1 is 1.30 bits per heavy atom. The maximum absolute atomic E-state index is 12.5. The van der Waals surface area contributed by atoms with Crippen molar-refractivity contribution in [3.63, 3.8) is 0 Å². The van der Waals surface area contributed by atoms with E-state index in [4.69, 9.17) is 4.42 Å². The number of para-hydroxylation sites is 2. The Labute approximate surface area is 139 Å². The van der Waals surface area contributed by atoms with Crippen molar-refractivity contribution < 1.29 is 9.21 Å². The van der Waals surface area contributed by atoms with E-state index in [1.165, 1.54) is 11.8 Å². The Morgan fingerprint density at radius 3 is 2.83 bits per heavy atom. The fourth-order valence-electron chi connectivity index (χ4n) is 2.77. The van der Waals surface area contributed by atoms with Crippen molar-refractivity contribution in [1.29, 1.82) is 0 Å². The van der Waals surface area contributed by atoms with Gasteiger partial charge >= 0.3 is 0 Å². The van der Waals surface area contributed by atoms with Crippen molar-refractivity contribution in [2.75, 3.05) is 5.75 Å². The molecule has 4 nitrogen and oxygen atoms in total. The van der Waals surface area contributed by atoms with Gasteiger partial charge in [-0.05, 0) is 38.5 Å². The number of Topliss-reactive ketones (excluding diaryl/α,β-unsaturated/α-hetero) is 1. The summed E-state index contributed by atoms with van der Waals surface area (Å²) in [6.07, 6.45) is 1.06. The summed E-state index contributed by atoms with van der Waals surface area (Å²) in [5.41, 5.74) is 4.57. The molecule has 0 bridgehead atoms. The lowest BCUT2D eigenvalue weighted by Gasteiger charge is -2.07. The summed E-state index contributed by atoms with van der Waals surface area (Å²) in [5.74, 6) is 0.455. The molecule has 0 aliphatic rings. The Kier molecular flexibility index (Phi) is 4.57. The molecule has 0 saturated carbocycles.